The molecule has 2 nitrogen and oxygen atoms in total. The van der Waals surface area contributed by atoms with Crippen molar-refractivity contribution in [3.8, 4) is 0 Å². The van der Waals surface area contributed by atoms with Gasteiger partial charge in [0, 0.05) is 10.8 Å². The summed E-state index contributed by atoms with van der Waals surface area (Å²) in [7, 11) is 0. The number of hydrogen-bond acceptors (Lipinski definition) is 2. The molecule has 0 aliphatic heterocycles. The lowest BCUT2D eigenvalue weighted by Gasteiger charge is -1.90. The van der Waals surface area contributed by atoms with Gasteiger partial charge in [0.25, 0.3) is 0 Å². The smallest absolute Gasteiger partial charge is 0.186 e. The van der Waals surface area contributed by atoms with Gasteiger partial charge in [-0.3, -0.25) is 9.59 Å². The van der Waals surface area contributed by atoms with Crippen LogP contribution in [0.5, 0.6) is 0 Å². The first kappa shape index (κ1) is 7.44. The Balaban J connectivity index is 2.69. The molecular formula is C12H6O2. The lowest BCUT2D eigenvalue weighted by atomic mass is 10.1. The first-order valence-corrected chi connectivity index (χ1v) is 4.38. The van der Waals surface area contributed by atoms with Gasteiger partial charge in [0.1, 0.15) is 0 Å². The van der Waals surface area contributed by atoms with Crippen molar-refractivity contribution in [3.63, 3.8) is 0 Å². The van der Waals surface area contributed by atoms with Crippen molar-refractivity contribution in [1.82, 2.24) is 0 Å². The molecule has 0 atom stereocenters. The van der Waals surface area contributed by atoms with Crippen molar-refractivity contribution in [1.29, 1.82) is 0 Å². The minimum absolute atomic E-state index is 0.0237. The maximum absolute atomic E-state index is 11.4. The van der Waals surface area contributed by atoms with E-state index in [0.717, 1.165) is 10.8 Å². The Morgan fingerprint density at radius 2 is 1.07 bits per heavy atom. The predicted molar refractivity (Wildman–Crippen MR) is 56.4 cm³/mol. The van der Waals surface area contributed by atoms with E-state index in [1.165, 1.54) is 12.1 Å². The molecular weight excluding hydrogens is 176 g/mol. The number of fused-ring (bicyclic) bond motifs is 2. The second-order valence-corrected chi connectivity index (χ2v) is 3.42. The molecule has 3 rings (SSSR count). The Bertz CT molecular complexity index is 652. The quantitative estimate of drug-likeness (QED) is 0.529. The minimum Gasteiger partial charge on any atom is -0.289 e. The zero-order chi connectivity index (χ0) is 9.71. The summed E-state index contributed by atoms with van der Waals surface area (Å²) in [6, 6.07) is 10.2. The van der Waals surface area contributed by atoms with E-state index < -0.39 is 0 Å². The molecule has 0 radical (unpaired) electrons. The number of rotatable bonds is 0. The molecule has 0 aliphatic rings. The topological polar surface area (TPSA) is 34.1 Å². The van der Waals surface area contributed by atoms with Gasteiger partial charge in [0.15, 0.2) is 10.9 Å². The molecule has 0 fully saturated rings. The highest BCUT2D eigenvalue weighted by atomic mass is 16.1. The largest absolute Gasteiger partial charge is 0.289 e. The van der Waals surface area contributed by atoms with E-state index in [0.29, 0.717) is 10.8 Å². The van der Waals surface area contributed by atoms with Gasteiger partial charge in [0.05, 0.1) is 0 Å². The molecule has 2 heteroatoms. The summed E-state index contributed by atoms with van der Waals surface area (Å²) < 4.78 is 0. The zero-order valence-electron chi connectivity index (χ0n) is 7.28. The third-order valence-electron chi connectivity index (χ3n) is 2.58. The molecule has 0 aliphatic carbocycles. The van der Waals surface area contributed by atoms with Gasteiger partial charge < -0.3 is 0 Å². The summed E-state index contributed by atoms with van der Waals surface area (Å²) in [6.45, 7) is 0. The highest BCUT2D eigenvalue weighted by Crippen LogP contribution is 2.18. The Labute approximate surface area is 79.1 Å². The summed E-state index contributed by atoms with van der Waals surface area (Å²) in [4.78, 5) is 22.7. The molecule has 3 aromatic carbocycles. The molecule has 0 aromatic heterocycles. The fourth-order valence-corrected chi connectivity index (χ4v) is 1.85. The standard InChI is InChI=1S/C12H6O2/c13-11-3-1-7-5-10-8(6-9(7)11)2-4-12(10)14/h1-6H. The van der Waals surface area contributed by atoms with Crippen LogP contribution in [0.2, 0.25) is 0 Å². The second-order valence-electron chi connectivity index (χ2n) is 3.42. The summed E-state index contributed by atoms with van der Waals surface area (Å²) in [5.41, 5.74) is 0.0473. The van der Waals surface area contributed by atoms with Crippen LogP contribution in [-0.4, -0.2) is 0 Å². The van der Waals surface area contributed by atoms with Crippen molar-refractivity contribution in [2.45, 2.75) is 0 Å². The maximum Gasteiger partial charge on any atom is 0.186 e. The molecule has 0 unspecified atom stereocenters. The van der Waals surface area contributed by atoms with Gasteiger partial charge in [-0.25, -0.2) is 0 Å². The van der Waals surface area contributed by atoms with E-state index in [-0.39, 0.29) is 10.9 Å². The molecule has 0 spiro atoms. The van der Waals surface area contributed by atoms with Crippen LogP contribution in [0.4, 0.5) is 0 Å². The van der Waals surface area contributed by atoms with E-state index in [1.54, 1.807) is 24.3 Å². The molecule has 14 heavy (non-hydrogen) atoms. The van der Waals surface area contributed by atoms with Crippen LogP contribution in [0.3, 0.4) is 0 Å². The first-order chi connectivity index (χ1) is 6.75. The first-order valence-electron chi connectivity index (χ1n) is 4.38. The van der Waals surface area contributed by atoms with Crippen LogP contribution in [0.25, 0.3) is 21.5 Å². The van der Waals surface area contributed by atoms with E-state index in [2.05, 4.69) is 0 Å². The fraction of sp³-hybridized carbons (Fsp3) is 0. The van der Waals surface area contributed by atoms with E-state index in [1.807, 2.05) is 0 Å². The monoisotopic (exact) mass is 182 g/mol. The molecule has 0 N–H and O–H groups in total. The van der Waals surface area contributed by atoms with Crippen molar-refractivity contribution in [2.24, 2.45) is 0 Å². The molecule has 66 valence electrons. The van der Waals surface area contributed by atoms with Crippen LogP contribution in [0.15, 0.2) is 46.0 Å². The number of benzene rings is 1. The molecule has 0 heterocycles. The molecule has 0 saturated carbocycles. The maximum atomic E-state index is 11.4. The Kier molecular flexibility index (Phi) is 1.22. The lowest BCUT2D eigenvalue weighted by molar-refractivity contribution is 1.81. The molecule has 0 saturated heterocycles. The SMILES string of the molecule is O=c1ccc2cc3c(=O)ccc3cc12. The minimum atomic E-state index is 0.0237. The van der Waals surface area contributed by atoms with Gasteiger partial charge in [-0.2, -0.15) is 0 Å². The Morgan fingerprint density at radius 3 is 1.50 bits per heavy atom. The third kappa shape index (κ3) is 0.799. The van der Waals surface area contributed by atoms with Gasteiger partial charge in [0.2, 0.25) is 0 Å². The zero-order valence-corrected chi connectivity index (χ0v) is 7.28. The lowest BCUT2D eigenvalue weighted by Crippen LogP contribution is -1.92. The van der Waals surface area contributed by atoms with E-state index in [9.17, 15) is 9.59 Å². The van der Waals surface area contributed by atoms with Crippen molar-refractivity contribution in [2.75, 3.05) is 0 Å². The van der Waals surface area contributed by atoms with Gasteiger partial charge in [-0.05, 0) is 35.0 Å². The predicted octanol–water partition coefficient (Wildman–Crippen LogP) is 1.59. The van der Waals surface area contributed by atoms with Crippen LogP contribution >= 0.6 is 0 Å². The van der Waals surface area contributed by atoms with Crippen LogP contribution in [0.1, 0.15) is 0 Å². The highest BCUT2D eigenvalue weighted by molar-refractivity contribution is 5.99. The Morgan fingerprint density at radius 1 is 0.643 bits per heavy atom. The van der Waals surface area contributed by atoms with Crippen LogP contribution < -0.4 is 10.9 Å². The van der Waals surface area contributed by atoms with Crippen molar-refractivity contribution in [3.05, 3.63) is 56.8 Å². The summed E-state index contributed by atoms with van der Waals surface area (Å²) in [6.07, 6.45) is 0. The average molecular weight is 182 g/mol. The van der Waals surface area contributed by atoms with Crippen LogP contribution in [-0.2, 0) is 0 Å². The molecule has 0 amide bonds. The number of hydrogen-bond donors (Lipinski definition) is 0. The van der Waals surface area contributed by atoms with Crippen LogP contribution in [0, 0.1) is 0 Å². The molecule has 3 aromatic rings. The van der Waals surface area contributed by atoms with E-state index in [4.69, 9.17) is 0 Å². The third-order valence-corrected chi connectivity index (χ3v) is 2.58. The average Bonchev–Trinajstić information content (AvgIpc) is 2.71. The highest BCUT2D eigenvalue weighted by Gasteiger charge is 2.04. The van der Waals surface area contributed by atoms with Gasteiger partial charge in [-0.15, -0.1) is 0 Å². The summed E-state index contributed by atoms with van der Waals surface area (Å²) in [5, 5.41) is 3.10. The Hall–Kier alpha value is -1.96. The van der Waals surface area contributed by atoms with E-state index >= 15 is 0 Å². The second kappa shape index (κ2) is 2.29. The normalized spacial score (nSPS) is 11.4. The summed E-state index contributed by atoms with van der Waals surface area (Å²) in [5.74, 6) is 0. The van der Waals surface area contributed by atoms with Crippen molar-refractivity contribution < 1.29 is 0 Å². The fourth-order valence-electron chi connectivity index (χ4n) is 1.85. The molecule has 0 bridgehead atoms. The summed E-state index contributed by atoms with van der Waals surface area (Å²) >= 11 is 0. The van der Waals surface area contributed by atoms with Crippen molar-refractivity contribution >= 4 is 21.5 Å². The van der Waals surface area contributed by atoms with Gasteiger partial charge >= 0.3 is 0 Å². The van der Waals surface area contributed by atoms with Gasteiger partial charge in [-0.1, -0.05) is 12.1 Å².